The number of nitrogens with zero attached hydrogens (tertiary/aromatic N) is 2. The van der Waals surface area contributed by atoms with Gasteiger partial charge in [-0.05, 0) is 32.5 Å². The number of pyridine rings is 1. The van der Waals surface area contributed by atoms with Crippen LogP contribution in [0.2, 0.25) is 0 Å². The Bertz CT molecular complexity index is 527. The Balaban J connectivity index is 2.15. The van der Waals surface area contributed by atoms with Crippen molar-refractivity contribution in [2.45, 2.75) is 25.9 Å². The largest absolute Gasteiger partial charge is 0.352 e. The summed E-state index contributed by atoms with van der Waals surface area (Å²) in [5, 5.41) is 3.17. The van der Waals surface area contributed by atoms with Crippen LogP contribution in [0.1, 0.15) is 25.5 Å². The van der Waals surface area contributed by atoms with Crippen molar-refractivity contribution in [3.05, 3.63) is 23.9 Å². The van der Waals surface area contributed by atoms with Crippen molar-refractivity contribution in [2.75, 3.05) is 30.0 Å². The fraction of sp³-hybridized carbons (Fsp3) is 0.615. The molecule has 0 aliphatic carbocycles. The van der Waals surface area contributed by atoms with Crippen molar-refractivity contribution in [2.24, 2.45) is 0 Å². The van der Waals surface area contributed by atoms with Crippen LogP contribution < -0.4 is 10.2 Å². The lowest BCUT2D eigenvalue weighted by Crippen LogP contribution is -2.47. The average molecular weight is 283 g/mol. The van der Waals surface area contributed by atoms with Gasteiger partial charge in [-0.3, -0.25) is 0 Å². The van der Waals surface area contributed by atoms with Gasteiger partial charge in [0.25, 0.3) is 0 Å². The molecule has 6 heteroatoms. The van der Waals surface area contributed by atoms with Crippen LogP contribution in [0.3, 0.4) is 0 Å². The molecule has 19 heavy (non-hydrogen) atoms. The van der Waals surface area contributed by atoms with Crippen LogP contribution in [-0.2, 0) is 9.84 Å². The number of aromatic nitrogens is 1. The normalized spacial score (nSPS) is 24.2. The molecule has 0 amide bonds. The molecular weight excluding hydrogens is 262 g/mol. The quantitative estimate of drug-likeness (QED) is 0.896. The monoisotopic (exact) mass is 283 g/mol. The van der Waals surface area contributed by atoms with Gasteiger partial charge < -0.3 is 10.2 Å². The van der Waals surface area contributed by atoms with E-state index in [1.165, 1.54) is 0 Å². The first-order chi connectivity index (χ1) is 8.93. The lowest BCUT2D eigenvalue weighted by atomic mass is 10.1. The van der Waals surface area contributed by atoms with E-state index in [4.69, 9.17) is 0 Å². The summed E-state index contributed by atoms with van der Waals surface area (Å²) >= 11 is 0. The topological polar surface area (TPSA) is 62.3 Å². The molecule has 1 aromatic rings. The van der Waals surface area contributed by atoms with E-state index in [1.54, 1.807) is 0 Å². The predicted octanol–water partition coefficient (Wildman–Crippen LogP) is 0.985. The van der Waals surface area contributed by atoms with Crippen molar-refractivity contribution in [1.29, 1.82) is 0 Å². The van der Waals surface area contributed by atoms with E-state index in [0.29, 0.717) is 6.54 Å². The Kier molecular flexibility index (Phi) is 4.10. The SMILES string of the molecule is CNC(C)c1ccc(N2CCS(=O)(=O)CC2C)nc1. The number of hydrogen-bond donors (Lipinski definition) is 1. The van der Waals surface area contributed by atoms with E-state index in [0.717, 1.165) is 11.4 Å². The Morgan fingerprint density at radius 3 is 2.74 bits per heavy atom. The summed E-state index contributed by atoms with van der Waals surface area (Å²) in [5.41, 5.74) is 1.13. The zero-order chi connectivity index (χ0) is 14.0. The lowest BCUT2D eigenvalue weighted by Gasteiger charge is -2.34. The zero-order valence-corrected chi connectivity index (χ0v) is 12.4. The third-order valence-corrected chi connectivity index (χ3v) is 5.46. The molecular formula is C13H21N3O2S. The fourth-order valence-electron chi connectivity index (χ4n) is 2.33. The first kappa shape index (κ1) is 14.3. The third kappa shape index (κ3) is 3.25. The second-order valence-electron chi connectivity index (χ2n) is 5.12. The van der Waals surface area contributed by atoms with Gasteiger partial charge in [0, 0.05) is 24.8 Å². The number of rotatable bonds is 3. The fourth-order valence-corrected chi connectivity index (χ4v) is 3.89. The summed E-state index contributed by atoms with van der Waals surface area (Å²) in [6.45, 7) is 4.53. The second-order valence-corrected chi connectivity index (χ2v) is 7.35. The Morgan fingerprint density at radius 1 is 1.47 bits per heavy atom. The van der Waals surface area contributed by atoms with Crippen LogP contribution in [0.4, 0.5) is 5.82 Å². The molecule has 5 nitrogen and oxygen atoms in total. The van der Waals surface area contributed by atoms with Crippen LogP contribution in [0.15, 0.2) is 18.3 Å². The van der Waals surface area contributed by atoms with Gasteiger partial charge in [0.15, 0.2) is 9.84 Å². The summed E-state index contributed by atoms with van der Waals surface area (Å²) in [6.07, 6.45) is 1.85. The van der Waals surface area contributed by atoms with Crippen LogP contribution in [-0.4, -0.2) is 44.5 Å². The molecule has 1 aromatic heterocycles. The summed E-state index contributed by atoms with van der Waals surface area (Å²) in [4.78, 5) is 6.53. The highest BCUT2D eigenvalue weighted by atomic mass is 32.2. The molecule has 2 atom stereocenters. The Hall–Kier alpha value is -1.14. The van der Waals surface area contributed by atoms with Crippen molar-refractivity contribution in [3.63, 3.8) is 0 Å². The molecule has 0 saturated carbocycles. The molecule has 2 unspecified atom stereocenters. The van der Waals surface area contributed by atoms with E-state index in [-0.39, 0.29) is 23.6 Å². The van der Waals surface area contributed by atoms with E-state index >= 15 is 0 Å². The number of anilines is 1. The smallest absolute Gasteiger partial charge is 0.154 e. The molecule has 0 radical (unpaired) electrons. The summed E-state index contributed by atoms with van der Waals surface area (Å²) in [5.74, 6) is 1.28. The zero-order valence-electron chi connectivity index (χ0n) is 11.6. The first-order valence-electron chi connectivity index (χ1n) is 6.53. The Morgan fingerprint density at radius 2 is 2.21 bits per heavy atom. The van der Waals surface area contributed by atoms with Gasteiger partial charge in [0.05, 0.1) is 11.5 Å². The molecule has 1 N–H and O–H groups in total. The van der Waals surface area contributed by atoms with E-state index in [9.17, 15) is 8.42 Å². The van der Waals surface area contributed by atoms with Gasteiger partial charge >= 0.3 is 0 Å². The number of sulfone groups is 1. The Labute approximate surface area is 114 Å². The van der Waals surface area contributed by atoms with Gasteiger partial charge in [-0.2, -0.15) is 0 Å². The molecule has 106 valence electrons. The van der Waals surface area contributed by atoms with E-state index < -0.39 is 9.84 Å². The van der Waals surface area contributed by atoms with Gasteiger partial charge in [-0.1, -0.05) is 6.07 Å². The highest BCUT2D eigenvalue weighted by Gasteiger charge is 2.28. The minimum absolute atomic E-state index is 0.0150. The molecule has 2 rings (SSSR count). The number of nitrogens with one attached hydrogen (secondary N) is 1. The molecule has 0 aromatic carbocycles. The van der Waals surface area contributed by atoms with E-state index in [1.807, 2.05) is 32.3 Å². The van der Waals surface area contributed by atoms with Crippen LogP contribution >= 0.6 is 0 Å². The summed E-state index contributed by atoms with van der Waals surface area (Å²) < 4.78 is 23.1. The maximum absolute atomic E-state index is 11.6. The maximum Gasteiger partial charge on any atom is 0.154 e. The van der Waals surface area contributed by atoms with Gasteiger partial charge in [-0.15, -0.1) is 0 Å². The van der Waals surface area contributed by atoms with Gasteiger partial charge in [0.2, 0.25) is 0 Å². The molecule has 1 fully saturated rings. The van der Waals surface area contributed by atoms with Crippen LogP contribution in [0.5, 0.6) is 0 Å². The molecule has 1 aliphatic heterocycles. The number of hydrogen-bond acceptors (Lipinski definition) is 5. The van der Waals surface area contributed by atoms with Crippen molar-refractivity contribution in [1.82, 2.24) is 10.3 Å². The molecule has 0 bridgehead atoms. The van der Waals surface area contributed by atoms with Crippen molar-refractivity contribution in [3.8, 4) is 0 Å². The maximum atomic E-state index is 11.6. The molecule has 1 saturated heterocycles. The minimum atomic E-state index is -2.88. The van der Waals surface area contributed by atoms with Crippen LogP contribution in [0, 0.1) is 0 Å². The van der Waals surface area contributed by atoms with Crippen molar-refractivity contribution < 1.29 is 8.42 Å². The van der Waals surface area contributed by atoms with Crippen LogP contribution in [0.25, 0.3) is 0 Å². The van der Waals surface area contributed by atoms with E-state index in [2.05, 4.69) is 22.1 Å². The first-order valence-corrected chi connectivity index (χ1v) is 8.35. The summed E-state index contributed by atoms with van der Waals surface area (Å²) in [6, 6.07) is 4.26. The van der Waals surface area contributed by atoms with Gasteiger partial charge in [0.1, 0.15) is 5.82 Å². The minimum Gasteiger partial charge on any atom is -0.352 e. The molecule has 0 spiro atoms. The van der Waals surface area contributed by atoms with Gasteiger partial charge in [-0.25, -0.2) is 13.4 Å². The van der Waals surface area contributed by atoms with Crippen molar-refractivity contribution >= 4 is 15.7 Å². The average Bonchev–Trinajstić information content (AvgIpc) is 2.37. The lowest BCUT2D eigenvalue weighted by molar-refractivity contribution is 0.566. The third-order valence-electron chi connectivity index (χ3n) is 3.67. The molecule has 2 heterocycles. The molecule has 1 aliphatic rings. The predicted molar refractivity (Wildman–Crippen MR) is 77.2 cm³/mol. The standard InChI is InChI=1S/C13H21N3O2S/c1-10-9-19(17,18)7-6-16(10)13-5-4-12(8-15-13)11(2)14-3/h4-5,8,10-11,14H,6-7,9H2,1-3H3. The second kappa shape index (κ2) is 5.46. The highest BCUT2D eigenvalue weighted by Crippen LogP contribution is 2.21. The highest BCUT2D eigenvalue weighted by molar-refractivity contribution is 7.91. The summed E-state index contributed by atoms with van der Waals surface area (Å²) in [7, 11) is -0.965.